The SMILES string of the molecule is CSc1nn([C@H]2C[C@@H]3O[Si](C(C)C)(C(C)C)C[Si](C(C)C)(C(C)C)OC[C@@H]3O2)c2ncnc(N)c12. The van der Waals surface area contributed by atoms with Crippen LogP contribution in [0.25, 0.3) is 11.0 Å². The van der Waals surface area contributed by atoms with E-state index in [-0.39, 0.29) is 18.4 Å². The monoisotopic (exact) mass is 537 g/mol. The Balaban J connectivity index is 1.75. The van der Waals surface area contributed by atoms with Crippen LogP contribution in [0.4, 0.5) is 5.82 Å². The predicted molar refractivity (Wildman–Crippen MR) is 148 cm³/mol. The van der Waals surface area contributed by atoms with Gasteiger partial charge in [0.25, 0.3) is 0 Å². The molecular weight excluding hydrogens is 495 g/mol. The summed E-state index contributed by atoms with van der Waals surface area (Å²) >= 11 is 1.55. The van der Waals surface area contributed by atoms with E-state index in [1.807, 2.05) is 10.9 Å². The molecule has 0 aliphatic carbocycles. The van der Waals surface area contributed by atoms with Gasteiger partial charge in [-0.15, -0.1) is 11.8 Å². The van der Waals surface area contributed by atoms with E-state index in [1.54, 1.807) is 11.8 Å². The second kappa shape index (κ2) is 10.1. The summed E-state index contributed by atoms with van der Waals surface area (Å²) in [4.78, 5) is 8.71. The van der Waals surface area contributed by atoms with Crippen molar-refractivity contribution in [1.82, 2.24) is 19.7 Å². The fourth-order valence-electron chi connectivity index (χ4n) is 6.23. The highest BCUT2D eigenvalue weighted by Gasteiger charge is 2.58. The number of hydrogen-bond donors (Lipinski definition) is 1. The highest BCUT2D eigenvalue weighted by molar-refractivity contribution is 7.98. The minimum absolute atomic E-state index is 0.0149. The molecule has 11 heteroatoms. The van der Waals surface area contributed by atoms with Crippen molar-refractivity contribution in [2.45, 2.75) is 113 Å². The van der Waals surface area contributed by atoms with Gasteiger partial charge in [0.1, 0.15) is 23.3 Å². The van der Waals surface area contributed by atoms with E-state index in [2.05, 4.69) is 65.4 Å². The molecule has 4 heterocycles. The van der Waals surface area contributed by atoms with Crippen LogP contribution in [0.2, 0.25) is 27.8 Å². The van der Waals surface area contributed by atoms with E-state index in [1.165, 1.54) is 6.33 Å². The summed E-state index contributed by atoms with van der Waals surface area (Å²) in [5.41, 5.74) is 10.1. The first-order chi connectivity index (χ1) is 16.5. The number of nitrogens with zero attached hydrogens (tertiary/aromatic N) is 4. The van der Waals surface area contributed by atoms with Crippen LogP contribution in [-0.2, 0) is 13.6 Å². The van der Waals surface area contributed by atoms with E-state index in [0.29, 0.717) is 40.2 Å². The molecular formula is C24H43N5O3SSi2. The Labute approximate surface area is 216 Å². The summed E-state index contributed by atoms with van der Waals surface area (Å²) in [5, 5.41) is 6.46. The first-order valence-corrected chi connectivity index (χ1v) is 18.7. The second-order valence-electron chi connectivity index (χ2n) is 11.4. The third kappa shape index (κ3) is 4.50. The molecule has 0 aromatic carbocycles. The van der Waals surface area contributed by atoms with E-state index in [0.717, 1.165) is 22.5 Å². The minimum atomic E-state index is -2.18. The lowest BCUT2D eigenvalue weighted by Crippen LogP contribution is -2.61. The summed E-state index contributed by atoms with van der Waals surface area (Å²) in [5.74, 6) is 0.449. The van der Waals surface area contributed by atoms with Crippen molar-refractivity contribution in [3.63, 3.8) is 0 Å². The third-order valence-corrected chi connectivity index (χ3v) is 22.8. The number of thioether (sulfide) groups is 1. The Bertz CT molecular complexity index is 1030. The molecule has 2 fully saturated rings. The van der Waals surface area contributed by atoms with Gasteiger partial charge in [-0.3, -0.25) is 0 Å². The normalized spacial score (nSPS) is 26.6. The zero-order valence-electron chi connectivity index (χ0n) is 22.7. The van der Waals surface area contributed by atoms with Gasteiger partial charge in [-0.2, -0.15) is 5.10 Å². The third-order valence-electron chi connectivity index (χ3n) is 8.48. The van der Waals surface area contributed by atoms with Gasteiger partial charge in [0, 0.05) is 6.42 Å². The van der Waals surface area contributed by atoms with E-state index in [4.69, 9.17) is 24.4 Å². The molecule has 0 bridgehead atoms. The number of hydrogen-bond acceptors (Lipinski definition) is 8. The van der Waals surface area contributed by atoms with Crippen molar-refractivity contribution in [3.8, 4) is 0 Å². The quantitative estimate of drug-likeness (QED) is 0.359. The fraction of sp³-hybridized carbons (Fsp3) is 0.792. The van der Waals surface area contributed by atoms with Crippen LogP contribution < -0.4 is 5.73 Å². The van der Waals surface area contributed by atoms with Crippen molar-refractivity contribution >= 4 is 45.2 Å². The molecule has 2 aliphatic rings. The number of nitrogen functional groups attached to an aromatic ring is 1. The van der Waals surface area contributed by atoms with Gasteiger partial charge in [-0.1, -0.05) is 55.4 Å². The molecule has 0 radical (unpaired) electrons. The zero-order valence-corrected chi connectivity index (χ0v) is 25.6. The summed E-state index contributed by atoms with van der Waals surface area (Å²) in [6.45, 7) is 19.4. The van der Waals surface area contributed by atoms with E-state index < -0.39 is 16.6 Å². The van der Waals surface area contributed by atoms with Crippen LogP contribution in [-0.4, -0.2) is 61.5 Å². The first kappa shape index (κ1) is 27.1. The van der Waals surface area contributed by atoms with E-state index >= 15 is 0 Å². The topological polar surface area (TPSA) is 97.3 Å². The molecule has 2 aromatic rings. The smallest absolute Gasteiger partial charge is 0.198 e. The maximum atomic E-state index is 7.37. The van der Waals surface area contributed by atoms with Crippen LogP contribution in [0.3, 0.4) is 0 Å². The van der Waals surface area contributed by atoms with Gasteiger partial charge in [0.15, 0.2) is 28.5 Å². The van der Waals surface area contributed by atoms with Crippen LogP contribution in [0, 0.1) is 0 Å². The lowest BCUT2D eigenvalue weighted by atomic mass is 10.2. The molecule has 2 N–H and O–H groups in total. The molecule has 2 aromatic heterocycles. The van der Waals surface area contributed by atoms with Crippen LogP contribution in [0.5, 0.6) is 0 Å². The van der Waals surface area contributed by atoms with Crippen molar-refractivity contribution in [2.75, 3.05) is 18.6 Å². The molecule has 0 unspecified atom stereocenters. The first-order valence-electron chi connectivity index (χ1n) is 13.0. The standard InChI is InChI=1S/C24H43N5O3SSi2/c1-14(2)34(15(3)4)13-35(16(5)6,17(7)8)32-18-10-20(31-19(18)11-30-34)29-23-21(24(28-29)33-9)22(25)26-12-27-23/h12,14-20H,10-11,13H2,1-9H3,(H2,25,26,27)/t18-,19-,20+/m0/s1. The van der Waals surface area contributed by atoms with Crippen LogP contribution in [0.15, 0.2) is 11.4 Å². The van der Waals surface area contributed by atoms with Crippen molar-refractivity contribution in [3.05, 3.63) is 6.33 Å². The van der Waals surface area contributed by atoms with Crippen LogP contribution >= 0.6 is 11.8 Å². The average Bonchev–Trinajstić information content (AvgIpc) is 3.34. The zero-order chi connectivity index (χ0) is 25.7. The number of rotatable bonds is 6. The van der Waals surface area contributed by atoms with Gasteiger partial charge in [-0.25, -0.2) is 14.6 Å². The molecule has 0 spiro atoms. The Morgan fingerprint density at radius 1 is 0.971 bits per heavy atom. The molecule has 4 rings (SSSR count). The molecule has 2 saturated heterocycles. The predicted octanol–water partition coefficient (Wildman–Crippen LogP) is 5.90. The average molecular weight is 538 g/mol. The van der Waals surface area contributed by atoms with Gasteiger partial charge in [-0.05, 0) is 34.1 Å². The number of anilines is 1. The fourth-order valence-corrected chi connectivity index (χ4v) is 22.7. The van der Waals surface area contributed by atoms with Gasteiger partial charge < -0.3 is 19.3 Å². The van der Waals surface area contributed by atoms with Crippen molar-refractivity contribution in [2.24, 2.45) is 0 Å². The molecule has 196 valence electrons. The number of ether oxygens (including phenoxy) is 1. The highest BCUT2D eigenvalue weighted by Crippen LogP contribution is 2.51. The number of fused-ring (bicyclic) bond motifs is 2. The molecule has 35 heavy (non-hydrogen) atoms. The number of nitrogens with two attached hydrogens (primary N) is 1. The summed E-state index contributed by atoms with van der Waals surface area (Å²) in [7, 11) is -4.29. The highest BCUT2D eigenvalue weighted by atomic mass is 32.2. The molecule has 0 saturated carbocycles. The Kier molecular flexibility index (Phi) is 7.77. The largest absolute Gasteiger partial charge is 0.414 e. The lowest BCUT2D eigenvalue weighted by Gasteiger charge is -2.51. The van der Waals surface area contributed by atoms with Gasteiger partial charge in [0.05, 0.1) is 18.1 Å². The lowest BCUT2D eigenvalue weighted by molar-refractivity contribution is -0.0454. The van der Waals surface area contributed by atoms with E-state index in [9.17, 15) is 0 Å². The molecule has 3 atom stereocenters. The Morgan fingerprint density at radius 3 is 2.17 bits per heavy atom. The summed E-state index contributed by atoms with van der Waals surface area (Å²) < 4.78 is 23.0. The molecule has 0 amide bonds. The second-order valence-corrected chi connectivity index (χ2v) is 22.6. The Hall–Kier alpha value is -0.986. The van der Waals surface area contributed by atoms with Crippen molar-refractivity contribution < 1.29 is 13.6 Å². The van der Waals surface area contributed by atoms with Gasteiger partial charge >= 0.3 is 0 Å². The van der Waals surface area contributed by atoms with Gasteiger partial charge in [0.2, 0.25) is 0 Å². The Morgan fingerprint density at radius 2 is 1.60 bits per heavy atom. The maximum Gasteiger partial charge on any atom is 0.198 e. The summed E-state index contributed by atoms with van der Waals surface area (Å²) in [6.07, 6.45) is 3.81. The molecule has 2 aliphatic heterocycles. The van der Waals surface area contributed by atoms with Crippen molar-refractivity contribution in [1.29, 1.82) is 0 Å². The maximum absolute atomic E-state index is 7.37. The minimum Gasteiger partial charge on any atom is -0.414 e. The summed E-state index contributed by atoms with van der Waals surface area (Å²) in [6, 6.07) is 0. The van der Waals surface area contributed by atoms with Crippen LogP contribution in [0.1, 0.15) is 68.0 Å². The number of aromatic nitrogens is 4. The molecule has 8 nitrogen and oxygen atoms in total.